The van der Waals surface area contributed by atoms with Crippen LogP contribution in [0.15, 0.2) is 6.07 Å². The molecule has 1 aliphatic rings. The lowest BCUT2D eigenvalue weighted by molar-refractivity contribution is 0.124. The first-order valence-electron chi connectivity index (χ1n) is 6.87. The van der Waals surface area contributed by atoms with Gasteiger partial charge in [0.15, 0.2) is 0 Å². The van der Waals surface area contributed by atoms with Crippen molar-refractivity contribution in [2.75, 3.05) is 18.8 Å². The van der Waals surface area contributed by atoms with Crippen molar-refractivity contribution in [2.24, 2.45) is 0 Å². The summed E-state index contributed by atoms with van der Waals surface area (Å²) in [6, 6.07) is 1.78. The van der Waals surface area contributed by atoms with E-state index in [9.17, 15) is 8.42 Å². The molecule has 20 heavy (non-hydrogen) atoms. The Morgan fingerprint density at radius 1 is 1.40 bits per heavy atom. The van der Waals surface area contributed by atoms with E-state index >= 15 is 0 Å². The number of hydrogen-bond acceptors (Lipinski definition) is 5. The van der Waals surface area contributed by atoms with Gasteiger partial charge in [0.05, 0.1) is 12.3 Å². The molecule has 0 aromatic carbocycles. The molecule has 2 heterocycles. The first kappa shape index (κ1) is 15.2. The summed E-state index contributed by atoms with van der Waals surface area (Å²) < 4.78 is 31.2. The SMILES string of the molecule is CCS(=O)(=O)N1CCC[C@H](Oc2cc(C)nc(C)n2)C1. The third-order valence-corrected chi connectivity index (χ3v) is 5.18. The first-order chi connectivity index (χ1) is 9.40. The van der Waals surface area contributed by atoms with Gasteiger partial charge in [-0.2, -0.15) is 9.29 Å². The molecule has 0 saturated carbocycles. The summed E-state index contributed by atoms with van der Waals surface area (Å²) in [5.74, 6) is 1.32. The third-order valence-electron chi connectivity index (χ3n) is 3.33. The highest BCUT2D eigenvalue weighted by atomic mass is 32.2. The van der Waals surface area contributed by atoms with Crippen LogP contribution in [0, 0.1) is 13.8 Å². The maximum Gasteiger partial charge on any atom is 0.217 e. The molecular formula is C13H21N3O3S. The fourth-order valence-electron chi connectivity index (χ4n) is 2.35. The van der Waals surface area contributed by atoms with Gasteiger partial charge in [0.2, 0.25) is 15.9 Å². The number of aryl methyl sites for hydroxylation is 2. The van der Waals surface area contributed by atoms with Crippen LogP contribution in [0.1, 0.15) is 31.3 Å². The fraction of sp³-hybridized carbons (Fsp3) is 0.692. The first-order valence-corrected chi connectivity index (χ1v) is 8.48. The molecule has 0 spiro atoms. The molecular weight excluding hydrogens is 278 g/mol. The molecule has 0 radical (unpaired) electrons. The lowest BCUT2D eigenvalue weighted by atomic mass is 10.1. The second-order valence-corrected chi connectivity index (χ2v) is 7.29. The van der Waals surface area contributed by atoms with E-state index in [1.165, 1.54) is 4.31 Å². The van der Waals surface area contributed by atoms with Crippen LogP contribution in [0.5, 0.6) is 5.88 Å². The summed E-state index contributed by atoms with van der Waals surface area (Å²) in [6.07, 6.45) is 1.52. The van der Waals surface area contributed by atoms with Gasteiger partial charge in [0, 0.05) is 18.3 Å². The Balaban J connectivity index is 2.06. The van der Waals surface area contributed by atoms with Gasteiger partial charge in [0.1, 0.15) is 11.9 Å². The van der Waals surface area contributed by atoms with E-state index < -0.39 is 10.0 Å². The minimum atomic E-state index is -3.14. The third kappa shape index (κ3) is 3.67. The smallest absolute Gasteiger partial charge is 0.217 e. The highest BCUT2D eigenvalue weighted by molar-refractivity contribution is 7.89. The number of piperidine rings is 1. The van der Waals surface area contributed by atoms with Gasteiger partial charge < -0.3 is 4.74 Å². The Hall–Kier alpha value is -1.21. The van der Waals surface area contributed by atoms with E-state index in [1.54, 1.807) is 13.0 Å². The molecule has 0 bridgehead atoms. The number of sulfonamides is 1. The van der Waals surface area contributed by atoms with E-state index in [1.807, 2.05) is 13.8 Å². The normalized spacial score (nSPS) is 20.9. The summed E-state index contributed by atoms with van der Waals surface area (Å²) in [7, 11) is -3.14. The Bertz CT molecular complexity index is 554. The minimum Gasteiger partial charge on any atom is -0.473 e. The average Bonchev–Trinajstić information content (AvgIpc) is 2.38. The number of aromatic nitrogens is 2. The highest BCUT2D eigenvalue weighted by Crippen LogP contribution is 2.19. The molecule has 0 N–H and O–H groups in total. The van der Waals surface area contributed by atoms with Crippen LogP contribution in [0.2, 0.25) is 0 Å². The number of nitrogens with zero attached hydrogens (tertiary/aromatic N) is 3. The molecule has 0 unspecified atom stereocenters. The summed E-state index contributed by atoms with van der Waals surface area (Å²) in [5.41, 5.74) is 0.848. The van der Waals surface area contributed by atoms with Gasteiger partial charge in [-0.15, -0.1) is 0 Å². The van der Waals surface area contributed by atoms with Crippen molar-refractivity contribution in [2.45, 2.75) is 39.7 Å². The summed E-state index contributed by atoms with van der Waals surface area (Å²) >= 11 is 0. The fourth-order valence-corrected chi connectivity index (χ4v) is 3.52. The number of rotatable bonds is 4. The van der Waals surface area contributed by atoms with Gasteiger partial charge in [0.25, 0.3) is 0 Å². The Labute approximate surface area is 120 Å². The Morgan fingerprint density at radius 3 is 2.80 bits per heavy atom. The topological polar surface area (TPSA) is 72.4 Å². The van der Waals surface area contributed by atoms with Crippen molar-refractivity contribution in [3.05, 3.63) is 17.6 Å². The number of hydrogen-bond donors (Lipinski definition) is 0. The van der Waals surface area contributed by atoms with Gasteiger partial charge >= 0.3 is 0 Å². The van der Waals surface area contributed by atoms with Crippen molar-refractivity contribution in [1.29, 1.82) is 0 Å². The lowest BCUT2D eigenvalue weighted by Crippen LogP contribution is -2.45. The van der Waals surface area contributed by atoms with Crippen molar-refractivity contribution >= 4 is 10.0 Å². The van der Waals surface area contributed by atoms with Crippen molar-refractivity contribution < 1.29 is 13.2 Å². The predicted molar refractivity (Wildman–Crippen MR) is 76.2 cm³/mol. The van der Waals surface area contributed by atoms with Crippen molar-refractivity contribution in [1.82, 2.24) is 14.3 Å². The van der Waals surface area contributed by atoms with Crippen LogP contribution in [-0.4, -0.2) is 47.6 Å². The summed E-state index contributed by atoms with van der Waals surface area (Å²) in [6.45, 7) is 6.35. The van der Waals surface area contributed by atoms with Gasteiger partial charge in [-0.1, -0.05) is 0 Å². The molecule has 1 atom stereocenters. The van der Waals surface area contributed by atoms with Crippen LogP contribution in [0.4, 0.5) is 0 Å². The zero-order chi connectivity index (χ0) is 14.8. The quantitative estimate of drug-likeness (QED) is 0.837. The summed E-state index contributed by atoms with van der Waals surface area (Å²) in [4.78, 5) is 8.43. The Kier molecular flexibility index (Phi) is 4.59. The zero-order valence-corrected chi connectivity index (χ0v) is 13.0. The number of ether oxygens (including phenoxy) is 1. The van der Waals surface area contributed by atoms with E-state index in [4.69, 9.17) is 4.74 Å². The van der Waals surface area contributed by atoms with Gasteiger partial charge in [-0.3, -0.25) is 0 Å². The Morgan fingerprint density at radius 2 is 2.15 bits per heavy atom. The molecule has 1 fully saturated rings. The lowest BCUT2D eigenvalue weighted by Gasteiger charge is -2.31. The van der Waals surface area contributed by atoms with Crippen molar-refractivity contribution in [3.8, 4) is 5.88 Å². The average molecular weight is 299 g/mol. The summed E-state index contributed by atoms with van der Waals surface area (Å²) in [5, 5.41) is 0. The molecule has 1 saturated heterocycles. The molecule has 1 aliphatic heterocycles. The molecule has 6 nitrogen and oxygen atoms in total. The van der Waals surface area contributed by atoms with E-state index in [0.717, 1.165) is 18.5 Å². The van der Waals surface area contributed by atoms with E-state index in [-0.39, 0.29) is 11.9 Å². The van der Waals surface area contributed by atoms with Crippen LogP contribution < -0.4 is 4.74 Å². The molecule has 0 amide bonds. The van der Waals surface area contributed by atoms with E-state index in [0.29, 0.717) is 24.8 Å². The van der Waals surface area contributed by atoms with Gasteiger partial charge in [-0.05, 0) is 33.6 Å². The minimum absolute atomic E-state index is 0.130. The van der Waals surface area contributed by atoms with Crippen LogP contribution >= 0.6 is 0 Å². The molecule has 0 aliphatic carbocycles. The van der Waals surface area contributed by atoms with Crippen LogP contribution in [0.25, 0.3) is 0 Å². The molecule has 1 aromatic heterocycles. The highest BCUT2D eigenvalue weighted by Gasteiger charge is 2.28. The molecule has 1 aromatic rings. The second kappa shape index (κ2) is 6.05. The molecule has 112 valence electrons. The molecule has 7 heteroatoms. The van der Waals surface area contributed by atoms with Crippen LogP contribution in [-0.2, 0) is 10.0 Å². The standard InChI is InChI=1S/C13H21N3O3S/c1-4-20(17,18)16-7-5-6-12(9-16)19-13-8-10(2)14-11(3)15-13/h8,12H,4-7,9H2,1-3H3/t12-/m0/s1. The zero-order valence-electron chi connectivity index (χ0n) is 12.2. The monoisotopic (exact) mass is 299 g/mol. The molecule has 2 rings (SSSR count). The van der Waals surface area contributed by atoms with Gasteiger partial charge in [-0.25, -0.2) is 13.4 Å². The maximum absolute atomic E-state index is 11.9. The van der Waals surface area contributed by atoms with Crippen LogP contribution in [0.3, 0.4) is 0 Å². The largest absolute Gasteiger partial charge is 0.473 e. The van der Waals surface area contributed by atoms with E-state index in [2.05, 4.69) is 9.97 Å². The van der Waals surface area contributed by atoms with Crippen molar-refractivity contribution in [3.63, 3.8) is 0 Å². The predicted octanol–water partition coefficient (Wildman–Crippen LogP) is 1.29. The second-order valence-electron chi connectivity index (χ2n) is 5.04. The maximum atomic E-state index is 11.9.